The van der Waals surface area contributed by atoms with Crippen molar-refractivity contribution in [3.63, 3.8) is 0 Å². The Morgan fingerprint density at radius 2 is 2.33 bits per heavy atom. The number of fused-ring (bicyclic) bond motifs is 1. The Hall–Kier alpha value is -0.250. The van der Waals surface area contributed by atoms with Crippen LogP contribution in [0.3, 0.4) is 0 Å². The van der Waals surface area contributed by atoms with Crippen molar-refractivity contribution >= 4 is 28.3 Å². The predicted octanol–water partition coefficient (Wildman–Crippen LogP) is 3.04. The Balaban J connectivity index is 2.43. The molecule has 1 aromatic carbocycles. The second-order valence-electron chi connectivity index (χ2n) is 3.36. The van der Waals surface area contributed by atoms with Gasteiger partial charge in [0.15, 0.2) is 0 Å². The zero-order chi connectivity index (χ0) is 8.55. The molecule has 1 N–H and O–H groups in total. The molecule has 64 valence electrons. The lowest BCUT2D eigenvalue weighted by Crippen LogP contribution is -2.22. The fraction of sp³-hybridized carbons (Fsp3) is 0.400. The fourth-order valence-corrected chi connectivity index (χ4v) is 2.34. The van der Waals surface area contributed by atoms with Crippen molar-refractivity contribution in [2.75, 3.05) is 5.32 Å². The molecule has 0 spiro atoms. The molecule has 2 heteroatoms. The summed E-state index contributed by atoms with van der Waals surface area (Å²) in [5, 5.41) is 3.52. The van der Waals surface area contributed by atoms with E-state index < -0.39 is 0 Å². The lowest BCUT2D eigenvalue weighted by Gasteiger charge is -2.24. The van der Waals surface area contributed by atoms with E-state index in [2.05, 4.69) is 53.0 Å². The van der Waals surface area contributed by atoms with E-state index in [-0.39, 0.29) is 0 Å². The van der Waals surface area contributed by atoms with E-state index in [1.807, 2.05) is 0 Å². The standard InChI is InChI=1S/C10H12IN/c1-7-5-6-8-3-2-4-9(11)10(8)12-7/h2-4,7,12H,5-6H2,1H3/t7-/m0/s1. The summed E-state index contributed by atoms with van der Waals surface area (Å²) in [5.41, 5.74) is 2.83. The first kappa shape index (κ1) is 8.35. The lowest BCUT2D eigenvalue weighted by atomic mass is 9.99. The van der Waals surface area contributed by atoms with Crippen LogP contribution < -0.4 is 5.32 Å². The number of anilines is 1. The van der Waals surface area contributed by atoms with Gasteiger partial charge in [-0.3, -0.25) is 0 Å². The maximum Gasteiger partial charge on any atom is 0.0510 e. The molecule has 1 aromatic rings. The highest BCUT2D eigenvalue weighted by atomic mass is 127. The third kappa shape index (κ3) is 1.44. The summed E-state index contributed by atoms with van der Waals surface area (Å²) in [6.07, 6.45) is 2.48. The quantitative estimate of drug-likeness (QED) is 0.716. The van der Waals surface area contributed by atoms with Gasteiger partial charge in [0.2, 0.25) is 0 Å². The van der Waals surface area contributed by atoms with Gasteiger partial charge in [-0.05, 0) is 54.0 Å². The molecule has 0 amide bonds. The van der Waals surface area contributed by atoms with Crippen LogP contribution in [-0.2, 0) is 6.42 Å². The van der Waals surface area contributed by atoms with Gasteiger partial charge in [0.05, 0.1) is 5.69 Å². The van der Waals surface area contributed by atoms with Crippen LogP contribution in [0.2, 0.25) is 0 Å². The van der Waals surface area contributed by atoms with Crippen molar-refractivity contribution < 1.29 is 0 Å². The number of benzene rings is 1. The van der Waals surface area contributed by atoms with Crippen LogP contribution in [0.5, 0.6) is 0 Å². The van der Waals surface area contributed by atoms with Crippen LogP contribution in [-0.4, -0.2) is 6.04 Å². The summed E-state index contributed by atoms with van der Waals surface area (Å²) >= 11 is 2.39. The third-order valence-electron chi connectivity index (χ3n) is 2.34. The molecular weight excluding hydrogens is 261 g/mol. The Kier molecular flexibility index (Phi) is 2.26. The minimum Gasteiger partial charge on any atom is -0.382 e. The molecule has 0 unspecified atom stereocenters. The second-order valence-corrected chi connectivity index (χ2v) is 4.52. The van der Waals surface area contributed by atoms with E-state index in [1.54, 1.807) is 0 Å². The van der Waals surface area contributed by atoms with Crippen LogP contribution >= 0.6 is 22.6 Å². The predicted molar refractivity (Wildman–Crippen MR) is 60.6 cm³/mol. The van der Waals surface area contributed by atoms with Crippen molar-refractivity contribution in [2.45, 2.75) is 25.8 Å². The Morgan fingerprint density at radius 3 is 3.17 bits per heavy atom. The van der Waals surface area contributed by atoms with Crippen molar-refractivity contribution in [3.8, 4) is 0 Å². The number of hydrogen-bond acceptors (Lipinski definition) is 1. The van der Waals surface area contributed by atoms with Gasteiger partial charge in [-0.2, -0.15) is 0 Å². The first-order chi connectivity index (χ1) is 5.77. The summed E-state index contributed by atoms with van der Waals surface area (Å²) in [6, 6.07) is 7.15. The molecule has 1 nitrogen and oxygen atoms in total. The molecule has 0 aromatic heterocycles. The van der Waals surface area contributed by atoms with Crippen LogP contribution in [0.1, 0.15) is 18.9 Å². The highest BCUT2D eigenvalue weighted by Gasteiger charge is 2.15. The van der Waals surface area contributed by atoms with Crippen LogP contribution in [0.15, 0.2) is 18.2 Å². The Labute approximate surface area is 86.7 Å². The molecule has 0 fully saturated rings. The number of halogens is 1. The van der Waals surface area contributed by atoms with Gasteiger partial charge < -0.3 is 5.32 Å². The van der Waals surface area contributed by atoms with Gasteiger partial charge >= 0.3 is 0 Å². The number of para-hydroxylation sites is 1. The van der Waals surface area contributed by atoms with E-state index in [9.17, 15) is 0 Å². The fourth-order valence-electron chi connectivity index (χ4n) is 1.63. The number of rotatable bonds is 0. The summed E-state index contributed by atoms with van der Waals surface area (Å²) in [5.74, 6) is 0. The van der Waals surface area contributed by atoms with Crippen molar-refractivity contribution in [3.05, 3.63) is 27.3 Å². The molecule has 0 radical (unpaired) electrons. The molecule has 12 heavy (non-hydrogen) atoms. The minimum atomic E-state index is 0.633. The molecule has 2 rings (SSSR count). The third-order valence-corrected chi connectivity index (χ3v) is 3.24. The van der Waals surface area contributed by atoms with Gasteiger partial charge in [0, 0.05) is 9.61 Å². The largest absolute Gasteiger partial charge is 0.382 e. The summed E-state index contributed by atoms with van der Waals surface area (Å²) < 4.78 is 1.34. The molecule has 0 saturated carbocycles. The molecular formula is C10H12IN. The number of nitrogens with one attached hydrogen (secondary N) is 1. The van der Waals surface area contributed by atoms with Gasteiger partial charge in [-0.1, -0.05) is 12.1 Å². The monoisotopic (exact) mass is 273 g/mol. The van der Waals surface area contributed by atoms with Gasteiger partial charge in [-0.25, -0.2) is 0 Å². The zero-order valence-electron chi connectivity index (χ0n) is 7.10. The van der Waals surface area contributed by atoms with Crippen LogP contribution in [0, 0.1) is 3.57 Å². The normalized spacial score (nSPS) is 21.3. The Morgan fingerprint density at radius 1 is 1.50 bits per heavy atom. The maximum atomic E-state index is 3.52. The average Bonchev–Trinajstić information content (AvgIpc) is 2.07. The van der Waals surface area contributed by atoms with E-state index in [0.29, 0.717) is 6.04 Å². The number of hydrogen-bond donors (Lipinski definition) is 1. The SMILES string of the molecule is C[C@H]1CCc2cccc(I)c2N1. The summed E-state index contributed by atoms with van der Waals surface area (Å²) in [6.45, 7) is 2.24. The Bertz CT molecular complexity index is 296. The molecule has 0 aliphatic carbocycles. The summed E-state index contributed by atoms with van der Waals surface area (Å²) in [4.78, 5) is 0. The topological polar surface area (TPSA) is 12.0 Å². The molecule has 1 aliphatic rings. The average molecular weight is 273 g/mol. The summed E-state index contributed by atoms with van der Waals surface area (Å²) in [7, 11) is 0. The van der Waals surface area contributed by atoms with Crippen molar-refractivity contribution in [2.24, 2.45) is 0 Å². The van der Waals surface area contributed by atoms with E-state index >= 15 is 0 Å². The zero-order valence-corrected chi connectivity index (χ0v) is 9.26. The lowest BCUT2D eigenvalue weighted by molar-refractivity contribution is 0.680. The van der Waals surface area contributed by atoms with Crippen LogP contribution in [0.4, 0.5) is 5.69 Å². The van der Waals surface area contributed by atoms with Gasteiger partial charge in [0.1, 0.15) is 0 Å². The maximum absolute atomic E-state index is 3.52. The van der Waals surface area contributed by atoms with Crippen molar-refractivity contribution in [1.29, 1.82) is 0 Å². The molecule has 0 bridgehead atoms. The first-order valence-corrected chi connectivity index (χ1v) is 5.39. The molecule has 1 atom stereocenters. The highest BCUT2D eigenvalue weighted by molar-refractivity contribution is 14.1. The van der Waals surface area contributed by atoms with E-state index in [1.165, 1.54) is 27.7 Å². The van der Waals surface area contributed by atoms with Gasteiger partial charge in [-0.15, -0.1) is 0 Å². The highest BCUT2D eigenvalue weighted by Crippen LogP contribution is 2.28. The second kappa shape index (κ2) is 3.24. The number of aryl methyl sites for hydroxylation is 1. The van der Waals surface area contributed by atoms with Gasteiger partial charge in [0.25, 0.3) is 0 Å². The minimum absolute atomic E-state index is 0.633. The smallest absolute Gasteiger partial charge is 0.0510 e. The van der Waals surface area contributed by atoms with E-state index in [4.69, 9.17) is 0 Å². The van der Waals surface area contributed by atoms with Crippen molar-refractivity contribution in [1.82, 2.24) is 0 Å². The van der Waals surface area contributed by atoms with E-state index in [0.717, 1.165) is 0 Å². The first-order valence-electron chi connectivity index (χ1n) is 4.31. The van der Waals surface area contributed by atoms with Crippen LogP contribution in [0.25, 0.3) is 0 Å². The molecule has 1 aliphatic heterocycles. The molecule has 0 saturated heterocycles. The molecule has 1 heterocycles.